The Balaban J connectivity index is 1.40. The van der Waals surface area contributed by atoms with Gasteiger partial charge in [0.05, 0.1) is 39.2 Å². The molecule has 0 radical (unpaired) electrons. The Hall–Kier alpha value is -4.02. The fraction of sp³-hybridized carbons (Fsp3) is 0.310. The molecule has 40 heavy (non-hydrogen) atoms. The van der Waals surface area contributed by atoms with Gasteiger partial charge in [0.1, 0.15) is 17.2 Å². The lowest BCUT2D eigenvalue weighted by atomic mass is 10.1. The highest BCUT2D eigenvalue weighted by Gasteiger charge is 2.27. The number of likely N-dealkylation sites (tertiary alicyclic amines) is 1. The molecule has 5 heterocycles. The van der Waals surface area contributed by atoms with E-state index in [2.05, 4.69) is 19.8 Å². The Kier molecular flexibility index (Phi) is 7.12. The van der Waals surface area contributed by atoms with Gasteiger partial charge in [-0.15, -0.1) is 0 Å². The van der Waals surface area contributed by atoms with Crippen molar-refractivity contribution in [1.82, 2.24) is 19.4 Å². The van der Waals surface area contributed by atoms with E-state index in [9.17, 15) is 14.7 Å². The largest absolute Gasteiger partial charge is 0.477 e. The van der Waals surface area contributed by atoms with E-state index in [1.165, 1.54) is 23.6 Å². The highest BCUT2D eigenvalue weighted by molar-refractivity contribution is 6.38. The van der Waals surface area contributed by atoms with Crippen LogP contribution in [0.15, 0.2) is 59.8 Å². The minimum absolute atomic E-state index is 0.0523. The molecular weight excluding hydrogens is 535 g/mol. The third-order valence-corrected chi connectivity index (χ3v) is 7.99. The molecule has 6 rings (SSSR count). The predicted octanol–water partition coefficient (Wildman–Crippen LogP) is 4.19. The average Bonchev–Trinajstić information content (AvgIpc) is 3.48. The lowest BCUT2D eigenvalue weighted by molar-refractivity contribution is 0.0695. The average molecular weight is 563 g/mol. The zero-order chi connectivity index (χ0) is 27.8. The van der Waals surface area contributed by atoms with Gasteiger partial charge in [0, 0.05) is 45.1 Å². The minimum atomic E-state index is -1.40. The summed E-state index contributed by atoms with van der Waals surface area (Å²) < 4.78 is 17.1. The maximum absolute atomic E-state index is 15.6. The summed E-state index contributed by atoms with van der Waals surface area (Å²) in [7, 11) is 0. The van der Waals surface area contributed by atoms with Crippen molar-refractivity contribution in [2.45, 2.75) is 19.4 Å². The van der Waals surface area contributed by atoms with Crippen molar-refractivity contribution >= 4 is 40.0 Å². The van der Waals surface area contributed by atoms with Crippen LogP contribution in [0.4, 0.5) is 15.9 Å². The molecule has 2 aliphatic heterocycles. The molecule has 4 aromatic rings. The van der Waals surface area contributed by atoms with E-state index in [0.29, 0.717) is 31.9 Å². The van der Waals surface area contributed by atoms with Crippen LogP contribution in [0, 0.1) is 5.82 Å². The Bertz CT molecular complexity index is 1620. The van der Waals surface area contributed by atoms with Gasteiger partial charge in [-0.05, 0) is 56.3 Å². The lowest BCUT2D eigenvalue weighted by Gasteiger charge is -2.37. The summed E-state index contributed by atoms with van der Waals surface area (Å²) in [4.78, 5) is 40.4. The summed E-state index contributed by atoms with van der Waals surface area (Å²) in [6.45, 7) is 5.00. The first-order chi connectivity index (χ1) is 19.4. The van der Waals surface area contributed by atoms with Gasteiger partial charge < -0.3 is 19.5 Å². The molecule has 2 aliphatic rings. The molecule has 0 spiro atoms. The number of aromatic nitrogens is 3. The van der Waals surface area contributed by atoms with Gasteiger partial charge in [0.25, 0.3) is 0 Å². The fourth-order valence-electron chi connectivity index (χ4n) is 5.57. The maximum atomic E-state index is 15.6. The van der Waals surface area contributed by atoms with E-state index < -0.39 is 22.8 Å². The molecule has 2 saturated heterocycles. The van der Waals surface area contributed by atoms with Crippen LogP contribution in [0.2, 0.25) is 5.02 Å². The molecule has 1 aromatic carbocycles. The van der Waals surface area contributed by atoms with E-state index >= 15 is 4.39 Å². The predicted molar refractivity (Wildman–Crippen MR) is 152 cm³/mol. The molecule has 3 aromatic heterocycles. The standard InChI is InChI=1S/C29H28ClFN6O3/c30-25-26-21(15-23(31)27(25)36-13-11-35(12-14-36)24-5-1-2-8-32-24)28(38)22(29(39)40)18-37(26)20-7-6-19(33-16-20)17-34-9-3-4-10-34/h1-2,5-8,15-16,18H,3-4,9-14,17H2,(H,39,40). The molecule has 11 heteroatoms. The summed E-state index contributed by atoms with van der Waals surface area (Å²) in [5, 5.41) is 9.69. The molecule has 206 valence electrons. The molecule has 9 nitrogen and oxygen atoms in total. The Morgan fingerprint density at radius 3 is 2.40 bits per heavy atom. The Labute approximate surface area is 235 Å². The summed E-state index contributed by atoms with van der Waals surface area (Å²) in [5.74, 6) is -1.22. The highest BCUT2D eigenvalue weighted by Crippen LogP contribution is 2.37. The number of carbonyl (C=O) groups is 1. The SMILES string of the molecule is O=C(O)c1cn(-c2ccc(CN3CCCC3)nc2)c2c(Cl)c(N3CCN(c4ccccn4)CC3)c(F)cc2c1=O. The molecule has 0 bridgehead atoms. The number of rotatable bonds is 6. The molecule has 0 amide bonds. The van der Waals surface area contributed by atoms with E-state index in [4.69, 9.17) is 11.6 Å². The monoisotopic (exact) mass is 562 g/mol. The van der Waals surface area contributed by atoms with Gasteiger partial charge in [-0.3, -0.25) is 14.7 Å². The van der Waals surface area contributed by atoms with Gasteiger partial charge in [0.2, 0.25) is 5.43 Å². The number of halogens is 2. The van der Waals surface area contributed by atoms with Crippen LogP contribution in [-0.2, 0) is 6.54 Å². The van der Waals surface area contributed by atoms with Crippen molar-refractivity contribution in [1.29, 1.82) is 0 Å². The van der Waals surface area contributed by atoms with Crippen LogP contribution in [0.3, 0.4) is 0 Å². The van der Waals surface area contributed by atoms with Crippen LogP contribution >= 0.6 is 11.6 Å². The van der Waals surface area contributed by atoms with Gasteiger partial charge in [-0.2, -0.15) is 0 Å². The molecule has 0 aliphatic carbocycles. The van der Waals surface area contributed by atoms with Gasteiger partial charge in [-0.1, -0.05) is 17.7 Å². The third-order valence-electron chi connectivity index (χ3n) is 7.63. The summed E-state index contributed by atoms with van der Waals surface area (Å²) >= 11 is 6.90. The third kappa shape index (κ3) is 4.89. The number of aromatic carboxylic acids is 1. The van der Waals surface area contributed by atoms with Crippen LogP contribution in [0.1, 0.15) is 28.9 Å². The number of anilines is 2. The number of hydrogen-bond donors (Lipinski definition) is 1. The van der Waals surface area contributed by atoms with Crippen molar-refractivity contribution in [3.63, 3.8) is 0 Å². The molecular formula is C29H28ClFN6O3. The summed E-state index contributed by atoms with van der Waals surface area (Å²) in [6.07, 6.45) is 6.97. The van der Waals surface area contributed by atoms with E-state index in [1.807, 2.05) is 35.2 Å². The molecule has 0 saturated carbocycles. The van der Waals surface area contributed by atoms with Gasteiger partial charge in [-0.25, -0.2) is 14.2 Å². The zero-order valence-corrected chi connectivity index (χ0v) is 22.5. The second-order valence-corrected chi connectivity index (χ2v) is 10.5. The number of benzene rings is 1. The van der Waals surface area contributed by atoms with Crippen molar-refractivity contribution in [2.75, 3.05) is 49.1 Å². The second kappa shape index (κ2) is 10.9. The smallest absolute Gasteiger partial charge is 0.341 e. The van der Waals surface area contributed by atoms with Gasteiger partial charge >= 0.3 is 5.97 Å². The topological polar surface area (TPSA) is 94.8 Å². The fourth-order valence-corrected chi connectivity index (χ4v) is 5.98. The van der Waals surface area contributed by atoms with E-state index in [0.717, 1.165) is 37.2 Å². The first kappa shape index (κ1) is 26.2. The van der Waals surface area contributed by atoms with Crippen molar-refractivity contribution in [3.8, 4) is 5.69 Å². The molecule has 0 unspecified atom stereocenters. The van der Waals surface area contributed by atoms with Gasteiger partial charge in [0.15, 0.2) is 0 Å². The molecule has 1 N–H and O–H groups in total. The van der Waals surface area contributed by atoms with Crippen LogP contribution < -0.4 is 15.2 Å². The summed E-state index contributed by atoms with van der Waals surface area (Å²) in [6, 6.07) is 10.5. The molecule has 0 atom stereocenters. The van der Waals surface area contributed by atoms with Crippen molar-refractivity contribution < 1.29 is 14.3 Å². The number of carboxylic acid groups (broad SMARTS) is 1. The number of piperazine rings is 1. The highest BCUT2D eigenvalue weighted by atomic mass is 35.5. The van der Waals surface area contributed by atoms with Crippen molar-refractivity contribution in [3.05, 3.63) is 87.3 Å². The van der Waals surface area contributed by atoms with E-state index in [-0.39, 0.29) is 21.6 Å². The maximum Gasteiger partial charge on any atom is 0.341 e. The van der Waals surface area contributed by atoms with Crippen LogP contribution in [-0.4, -0.2) is 69.8 Å². The number of pyridine rings is 3. The quantitative estimate of drug-likeness (QED) is 0.374. The van der Waals surface area contributed by atoms with Crippen molar-refractivity contribution in [2.24, 2.45) is 0 Å². The number of fused-ring (bicyclic) bond motifs is 1. The Morgan fingerprint density at radius 1 is 1.00 bits per heavy atom. The normalized spacial score (nSPS) is 16.1. The number of carboxylic acids is 1. The zero-order valence-electron chi connectivity index (χ0n) is 21.8. The number of hydrogen-bond acceptors (Lipinski definition) is 7. The first-order valence-corrected chi connectivity index (χ1v) is 13.7. The lowest BCUT2D eigenvalue weighted by Crippen LogP contribution is -2.47. The van der Waals surface area contributed by atoms with Crippen LogP contribution in [0.25, 0.3) is 16.6 Å². The molecule has 2 fully saturated rings. The second-order valence-electron chi connectivity index (χ2n) is 10.1. The van der Waals surface area contributed by atoms with Crippen LogP contribution in [0.5, 0.6) is 0 Å². The summed E-state index contributed by atoms with van der Waals surface area (Å²) in [5.41, 5.74) is 0.583. The number of nitrogens with zero attached hydrogens (tertiary/aromatic N) is 6. The minimum Gasteiger partial charge on any atom is -0.477 e. The first-order valence-electron chi connectivity index (χ1n) is 13.3. The Morgan fingerprint density at radius 2 is 1.75 bits per heavy atom. The van der Waals surface area contributed by atoms with E-state index in [1.54, 1.807) is 12.4 Å².